The fourth-order valence-electron chi connectivity index (χ4n) is 0.638. The summed E-state index contributed by atoms with van der Waals surface area (Å²) >= 11 is 0. The van der Waals surface area contributed by atoms with Crippen LogP contribution < -0.4 is 0 Å². The predicted molar refractivity (Wildman–Crippen MR) is 38.8 cm³/mol. The zero-order valence-corrected chi connectivity index (χ0v) is 6.34. The van der Waals surface area contributed by atoms with Gasteiger partial charge in [-0.2, -0.15) is 13.2 Å². The van der Waals surface area contributed by atoms with Crippen molar-refractivity contribution in [3.05, 3.63) is 30.2 Å². The summed E-state index contributed by atoms with van der Waals surface area (Å²) in [7, 11) is 0. The van der Waals surface area contributed by atoms with Gasteiger partial charge in [0.25, 0.3) is 5.78 Å². The lowest BCUT2D eigenvalue weighted by Gasteiger charge is -1.98. The van der Waals surface area contributed by atoms with Gasteiger partial charge in [-0.1, -0.05) is 0 Å². The van der Waals surface area contributed by atoms with Gasteiger partial charge in [0, 0.05) is 0 Å². The Labute approximate surface area is 71.7 Å². The largest absolute Gasteiger partial charge is 0.465 e. The Morgan fingerprint density at radius 3 is 2.62 bits per heavy atom. The summed E-state index contributed by atoms with van der Waals surface area (Å²) in [5.41, 5.74) is 0. The molecule has 1 aromatic rings. The van der Waals surface area contributed by atoms with Crippen LogP contribution in [0.1, 0.15) is 5.76 Å². The van der Waals surface area contributed by atoms with Crippen LogP contribution in [-0.4, -0.2) is 12.0 Å². The lowest BCUT2D eigenvalue weighted by molar-refractivity contribution is -0.165. The summed E-state index contributed by atoms with van der Waals surface area (Å²) in [6.45, 7) is 0. The molecule has 13 heavy (non-hydrogen) atoms. The van der Waals surface area contributed by atoms with E-state index < -0.39 is 12.0 Å². The zero-order valence-electron chi connectivity index (χ0n) is 6.34. The number of alkyl halides is 3. The maximum atomic E-state index is 11.6. The van der Waals surface area contributed by atoms with Crippen molar-refractivity contribution in [3.63, 3.8) is 0 Å². The molecule has 0 amide bonds. The molecule has 0 saturated carbocycles. The quantitative estimate of drug-likeness (QED) is 0.670. The van der Waals surface area contributed by atoms with Gasteiger partial charge in [0.1, 0.15) is 5.76 Å². The van der Waals surface area contributed by atoms with E-state index >= 15 is 0 Å². The maximum Gasteiger partial charge on any atom is 0.454 e. The highest BCUT2D eigenvalue weighted by molar-refractivity contribution is 5.97. The van der Waals surface area contributed by atoms with E-state index in [0.29, 0.717) is 6.08 Å². The van der Waals surface area contributed by atoms with Crippen LogP contribution in [0.15, 0.2) is 28.9 Å². The van der Waals surface area contributed by atoms with Crippen LogP contribution in [0.2, 0.25) is 0 Å². The molecule has 0 N–H and O–H groups in total. The van der Waals surface area contributed by atoms with Crippen molar-refractivity contribution in [3.8, 4) is 0 Å². The molecule has 0 bridgehead atoms. The van der Waals surface area contributed by atoms with E-state index in [2.05, 4.69) is 0 Å². The second-order valence-electron chi connectivity index (χ2n) is 2.21. The van der Waals surface area contributed by atoms with E-state index in [1.807, 2.05) is 0 Å². The number of carbonyl (C=O) groups is 1. The number of hydrogen-bond acceptors (Lipinski definition) is 2. The number of furan rings is 1. The molecule has 0 aromatic carbocycles. The van der Waals surface area contributed by atoms with Gasteiger partial charge in [-0.05, 0) is 24.3 Å². The first-order chi connectivity index (χ1) is 6.00. The molecule has 0 radical (unpaired) electrons. The molecule has 0 fully saturated rings. The van der Waals surface area contributed by atoms with E-state index in [4.69, 9.17) is 4.42 Å². The van der Waals surface area contributed by atoms with Gasteiger partial charge in [-0.15, -0.1) is 0 Å². The molecule has 1 rings (SSSR count). The highest BCUT2D eigenvalue weighted by atomic mass is 19.4. The monoisotopic (exact) mass is 190 g/mol. The van der Waals surface area contributed by atoms with Gasteiger partial charge in [0.05, 0.1) is 6.26 Å². The highest BCUT2D eigenvalue weighted by Gasteiger charge is 2.35. The minimum absolute atomic E-state index is 0.206. The number of halogens is 3. The molecule has 2 nitrogen and oxygen atoms in total. The first-order valence-electron chi connectivity index (χ1n) is 3.33. The summed E-state index contributed by atoms with van der Waals surface area (Å²) in [5, 5.41) is 0. The van der Waals surface area contributed by atoms with E-state index in [1.165, 1.54) is 18.4 Å². The van der Waals surface area contributed by atoms with Crippen LogP contribution in [0.5, 0.6) is 0 Å². The van der Waals surface area contributed by atoms with Crippen LogP contribution in [0.25, 0.3) is 6.08 Å². The number of allylic oxidation sites excluding steroid dienone is 1. The molecule has 0 atom stereocenters. The topological polar surface area (TPSA) is 30.2 Å². The highest BCUT2D eigenvalue weighted by Crippen LogP contribution is 2.17. The first kappa shape index (κ1) is 9.57. The van der Waals surface area contributed by atoms with Crippen LogP contribution in [0.3, 0.4) is 0 Å². The molecule has 70 valence electrons. The van der Waals surface area contributed by atoms with Crippen LogP contribution in [0.4, 0.5) is 13.2 Å². The van der Waals surface area contributed by atoms with Crippen molar-refractivity contribution in [2.45, 2.75) is 6.18 Å². The molecule has 0 aliphatic carbocycles. The van der Waals surface area contributed by atoms with Crippen LogP contribution >= 0.6 is 0 Å². The number of ketones is 1. The summed E-state index contributed by atoms with van der Waals surface area (Å²) < 4.78 is 39.6. The smallest absolute Gasteiger partial charge is 0.454 e. The van der Waals surface area contributed by atoms with E-state index in [1.54, 1.807) is 0 Å². The summed E-state index contributed by atoms with van der Waals surface area (Å²) in [6, 6.07) is 2.96. The Morgan fingerprint density at radius 1 is 1.46 bits per heavy atom. The lowest BCUT2D eigenvalue weighted by atomic mass is 10.3. The van der Waals surface area contributed by atoms with E-state index in [0.717, 1.165) is 6.08 Å². The summed E-state index contributed by atoms with van der Waals surface area (Å²) in [4.78, 5) is 10.3. The number of hydrogen-bond donors (Lipinski definition) is 0. The number of carbonyl (C=O) groups excluding carboxylic acids is 1. The van der Waals surface area contributed by atoms with Crippen LogP contribution in [0, 0.1) is 0 Å². The SMILES string of the molecule is O=C(/C=C/c1ccco1)C(F)(F)F. The summed E-state index contributed by atoms with van der Waals surface area (Å²) in [5.74, 6) is -1.69. The van der Waals surface area contributed by atoms with Gasteiger partial charge >= 0.3 is 6.18 Å². The Hall–Kier alpha value is -1.52. The molecular formula is C8H5F3O2. The predicted octanol–water partition coefficient (Wildman–Crippen LogP) is 2.42. The molecule has 5 heteroatoms. The Bertz CT molecular complexity index is 309. The fraction of sp³-hybridized carbons (Fsp3) is 0.125. The van der Waals surface area contributed by atoms with Crippen molar-refractivity contribution in [1.29, 1.82) is 0 Å². The average molecular weight is 190 g/mol. The standard InChI is InChI=1S/C8H5F3O2/c9-8(10,11)7(12)4-3-6-2-1-5-13-6/h1-5H/b4-3+. The average Bonchev–Trinajstić information content (AvgIpc) is 2.50. The second-order valence-corrected chi connectivity index (χ2v) is 2.21. The molecule has 1 heterocycles. The van der Waals surface area contributed by atoms with Crippen molar-refractivity contribution in [2.75, 3.05) is 0 Å². The van der Waals surface area contributed by atoms with E-state index in [9.17, 15) is 18.0 Å². The third kappa shape index (κ3) is 2.77. The van der Waals surface area contributed by atoms with E-state index in [-0.39, 0.29) is 5.76 Å². The second kappa shape index (κ2) is 3.47. The van der Waals surface area contributed by atoms with Gasteiger partial charge < -0.3 is 4.42 Å². The lowest BCUT2D eigenvalue weighted by Crippen LogP contribution is -2.19. The van der Waals surface area contributed by atoms with Gasteiger partial charge in [-0.3, -0.25) is 4.79 Å². The van der Waals surface area contributed by atoms with Crippen molar-refractivity contribution in [2.24, 2.45) is 0 Å². The Morgan fingerprint density at radius 2 is 2.15 bits per heavy atom. The molecule has 0 saturated heterocycles. The van der Waals surface area contributed by atoms with Crippen molar-refractivity contribution < 1.29 is 22.4 Å². The Balaban J connectivity index is 2.65. The minimum atomic E-state index is -4.82. The Kier molecular flexibility index (Phi) is 2.55. The van der Waals surface area contributed by atoms with Crippen molar-refractivity contribution >= 4 is 11.9 Å². The third-order valence-electron chi connectivity index (χ3n) is 1.22. The molecular weight excluding hydrogens is 185 g/mol. The van der Waals surface area contributed by atoms with Crippen molar-refractivity contribution in [1.82, 2.24) is 0 Å². The first-order valence-corrected chi connectivity index (χ1v) is 3.33. The van der Waals surface area contributed by atoms with Gasteiger partial charge in [0.15, 0.2) is 0 Å². The molecule has 0 aliphatic heterocycles. The third-order valence-corrected chi connectivity index (χ3v) is 1.22. The zero-order chi connectivity index (χ0) is 9.90. The van der Waals surface area contributed by atoms with Crippen LogP contribution in [-0.2, 0) is 4.79 Å². The van der Waals surface area contributed by atoms with Gasteiger partial charge in [0.2, 0.25) is 0 Å². The summed E-state index contributed by atoms with van der Waals surface area (Å²) in [6.07, 6.45) is -2.12. The van der Waals surface area contributed by atoms with Gasteiger partial charge in [-0.25, -0.2) is 0 Å². The molecule has 1 aromatic heterocycles. The number of rotatable bonds is 2. The molecule has 0 aliphatic rings. The molecule has 0 spiro atoms. The normalized spacial score (nSPS) is 12.2. The fourth-order valence-corrected chi connectivity index (χ4v) is 0.638. The molecule has 0 unspecified atom stereocenters. The maximum absolute atomic E-state index is 11.6. The minimum Gasteiger partial charge on any atom is -0.465 e.